The number of hydrogen-bond donors (Lipinski definition) is 1. The van der Waals surface area contributed by atoms with Gasteiger partial charge in [0, 0.05) is 18.3 Å². The van der Waals surface area contributed by atoms with E-state index < -0.39 is 6.10 Å². The molecule has 0 aliphatic rings. The maximum absolute atomic E-state index is 9.95. The molecule has 80 valence electrons. The predicted octanol–water partition coefficient (Wildman–Crippen LogP) is 2.34. The molecule has 0 bridgehead atoms. The van der Waals surface area contributed by atoms with Crippen LogP contribution in [0.4, 0.5) is 0 Å². The Morgan fingerprint density at radius 3 is 2.93 bits per heavy atom. The molecule has 0 aliphatic heterocycles. The summed E-state index contributed by atoms with van der Waals surface area (Å²) in [5, 5.41) is 14.0. The Morgan fingerprint density at radius 1 is 1.60 bits per heavy atom. The number of aliphatic hydroxyl groups is 1. The Labute approximate surface area is 95.6 Å². The van der Waals surface area contributed by atoms with Gasteiger partial charge in [-0.2, -0.15) is 5.10 Å². The molecule has 1 unspecified atom stereocenters. The molecule has 2 aromatic rings. The molecule has 1 atom stereocenters. The highest BCUT2D eigenvalue weighted by Gasteiger charge is 2.15. The molecule has 15 heavy (non-hydrogen) atoms. The smallest absolute Gasteiger partial charge is 0.169 e. The van der Waals surface area contributed by atoms with Gasteiger partial charge in [-0.3, -0.25) is 4.68 Å². The van der Waals surface area contributed by atoms with Gasteiger partial charge < -0.3 is 9.52 Å². The van der Waals surface area contributed by atoms with E-state index in [2.05, 4.69) is 21.0 Å². The van der Waals surface area contributed by atoms with Crippen molar-refractivity contribution in [3.8, 4) is 0 Å². The quantitative estimate of drug-likeness (QED) is 0.932. The minimum Gasteiger partial charge on any atom is -0.451 e. The van der Waals surface area contributed by atoms with Crippen molar-refractivity contribution in [3.05, 3.63) is 40.5 Å². The molecule has 0 aliphatic carbocycles. The van der Waals surface area contributed by atoms with Crippen LogP contribution in [0.5, 0.6) is 0 Å². The summed E-state index contributed by atoms with van der Waals surface area (Å²) in [5.41, 5.74) is 0.735. The molecule has 0 radical (unpaired) electrons. The Kier molecular flexibility index (Phi) is 2.93. The fraction of sp³-hybridized carbons (Fsp3) is 0.300. The van der Waals surface area contributed by atoms with Crippen LogP contribution in [-0.2, 0) is 6.54 Å². The summed E-state index contributed by atoms with van der Waals surface area (Å²) < 4.78 is 7.64. The molecule has 2 aromatic heterocycles. The van der Waals surface area contributed by atoms with E-state index in [9.17, 15) is 5.11 Å². The van der Waals surface area contributed by atoms with Gasteiger partial charge in [0.1, 0.15) is 11.9 Å². The van der Waals surface area contributed by atoms with Crippen molar-refractivity contribution in [3.63, 3.8) is 0 Å². The van der Waals surface area contributed by atoms with E-state index >= 15 is 0 Å². The highest BCUT2D eigenvalue weighted by Crippen LogP contribution is 2.25. The first-order chi connectivity index (χ1) is 7.20. The van der Waals surface area contributed by atoms with Crippen LogP contribution < -0.4 is 0 Å². The molecule has 0 spiro atoms. The molecule has 0 fully saturated rings. The topological polar surface area (TPSA) is 51.2 Å². The lowest BCUT2D eigenvalue weighted by Crippen LogP contribution is -1.97. The average molecular weight is 271 g/mol. The fourth-order valence-electron chi connectivity index (χ4n) is 1.33. The van der Waals surface area contributed by atoms with Gasteiger partial charge in [-0.15, -0.1) is 0 Å². The second-order valence-electron chi connectivity index (χ2n) is 3.17. The second-order valence-corrected chi connectivity index (χ2v) is 3.96. The van der Waals surface area contributed by atoms with Gasteiger partial charge >= 0.3 is 0 Å². The lowest BCUT2D eigenvalue weighted by molar-refractivity contribution is 0.187. The number of nitrogens with zero attached hydrogens (tertiary/aromatic N) is 2. The van der Waals surface area contributed by atoms with Gasteiger partial charge in [-0.05, 0) is 35.0 Å². The van der Waals surface area contributed by atoms with Crippen LogP contribution in [0.25, 0.3) is 0 Å². The molecule has 2 heterocycles. The Hall–Kier alpha value is -1.07. The van der Waals surface area contributed by atoms with Gasteiger partial charge in [0.05, 0.1) is 6.20 Å². The van der Waals surface area contributed by atoms with Crippen molar-refractivity contribution in [2.45, 2.75) is 19.6 Å². The van der Waals surface area contributed by atoms with Gasteiger partial charge in [0.15, 0.2) is 4.67 Å². The maximum atomic E-state index is 9.95. The number of rotatable bonds is 3. The number of aryl methyl sites for hydroxylation is 1. The molecule has 0 saturated heterocycles. The van der Waals surface area contributed by atoms with Gasteiger partial charge in [-0.25, -0.2) is 0 Å². The van der Waals surface area contributed by atoms with Crippen LogP contribution in [0.2, 0.25) is 0 Å². The highest BCUT2D eigenvalue weighted by atomic mass is 79.9. The average Bonchev–Trinajstić information content (AvgIpc) is 2.84. The van der Waals surface area contributed by atoms with Crippen molar-refractivity contribution in [2.75, 3.05) is 0 Å². The summed E-state index contributed by atoms with van der Waals surface area (Å²) in [6, 6.07) is 3.49. The summed E-state index contributed by atoms with van der Waals surface area (Å²) in [5.74, 6) is 0.512. The fourth-order valence-corrected chi connectivity index (χ4v) is 1.65. The summed E-state index contributed by atoms with van der Waals surface area (Å²) in [4.78, 5) is 0. The largest absolute Gasteiger partial charge is 0.451 e. The molecule has 2 rings (SSSR count). The number of aromatic nitrogens is 2. The maximum Gasteiger partial charge on any atom is 0.169 e. The van der Waals surface area contributed by atoms with E-state index in [4.69, 9.17) is 4.42 Å². The van der Waals surface area contributed by atoms with Crippen molar-refractivity contribution in [1.82, 2.24) is 9.78 Å². The third kappa shape index (κ3) is 2.13. The summed E-state index contributed by atoms with van der Waals surface area (Å²) >= 11 is 3.19. The van der Waals surface area contributed by atoms with Crippen molar-refractivity contribution >= 4 is 15.9 Å². The molecule has 0 saturated carbocycles. The standard InChI is InChI=1S/C10H11BrN2O2/c1-2-13-6-7(5-12-13)10(14)8-3-4-9(11)15-8/h3-6,10,14H,2H2,1H3. The zero-order valence-corrected chi connectivity index (χ0v) is 9.81. The van der Waals surface area contributed by atoms with Gasteiger partial charge in [0.25, 0.3) is 0 Å². The van der Waals surface area contributed by atoms with E-state index in [0.29, 0.717) is 10.4 Å². The van der Waals surface area contributed by atoms with E-state index in [-0.39, 0.29) is 0 Å². The number of furan rings is 1. The first-order valence-corrected chi connectivity index (χ1v) is 5.45. The first kappa shape index (κ1) is 10.4. The van der Waals surface area contributed by atoms with Crippen LogP contribution in [0.1, 0.15) is 24.4 Å². The Morgan fingerprint density at radius 2 is 2.40 bits per heavy atom. The van der Waals surface area contributed by atoms with Crippen molar-refractivity contribution in [2.24, 2.45) is 0 Å². The summed E-state index contributed by atoms with van der Waals surface area (Å²) in [7, 11) is 0. The summed E-state index contributed by atoms with van der Waals surface area (Å²) in [6.07, 6.45) is 2.70. The zero-order chi connectivity index (χ0) is 10.8. The highest BCUT2D eigenvalue weighted by molar-refractivity contribution is 9.10. The monoisotopic (exact) mass is 270 g/mol. The third-order valence-corrected chi connectivity index (χ3v) is 2.58. The molecular formula is C10H11BrN2O2. The minimum atomic E-state index is -0.753. The molecule has 0 aromatic carbocycles. The van der Waals surface area contributed by atoms with E-state index in [1.165, 1.54) is 0 Å². The molecule has 0 amide bonds. The predicted molar refractivity (Wildman–Crippen MR) is 58.4 cm³/mol. The van der Waals surface area contributed by atoms with Crippen LogP contribution >= 0.6 is 15.9 Å². The third-order valence-electron chi connectivity index (χ3n) is 2.16. The van der Waals surface area contributed by atoms with E-state index in [0.717, 1.165) is 12.1 Å². The molecule has 4 nitrogen and oxygen atoms in total. The first-order valence-electron chi connectivity index (χ1n) is 4.66. The van der Waals surface area contributed by atoms with Crippen molar-refractivity contribution < 1.29 is 9.52 Å². The summed E-state index contributed by atoms with van der Waals surface area (Å²) in [6.45, 7) is 2.78. The number of halogens is 1. The number of hydrogen-bond acceptors (Lipinski definition) is 3. The SMILES string of the molecule is CCn1cc(C(O)c2ccc(Br)o2)cn1. The minimum absolute atomic E-state index is 0.512. The van der Waals surface area contributed by atoms with Gasteiger partial charge in [-0.1, -0.05) is 0 Å². The van der Waals surface area contributed by atoms with Crippen LogP contribution in [-0.4, -0.2) is 14.9 Å². The van der Waals surface area contributed by atoms with Crippen LogP contribution in [0.3, 0.4) is 0 Å². The Bertz CT molecular complexity index is 450. The molecule has 1 N–H and O–H groups in total. The molecule has 5 heteroatoms. The lowest BCUT2D eigenvalue weighted by Gasteiger charge is -2.03. The Balaban J connectivity index is 2.23. The molecular weight excluding hydrogens is 260 g/mol. The van der Waals surface area contributed by atoms with Crippen LogP contribution in [0, 0.1) is 0 Å². The zero-order valence-electron chi connectivity index (χ0n) is 8.22. The van der Waals surface area contributed by atoms with E-state index in [1.807, 2.05) is 6.92 Å². The van der Waals surface area contributed by atoms with Gasteiger partial charge in [0.2, 0.25) is 0 Å². The lowest BCUT2D eigenvalue weighted by atomic mass is 10.1. The van der Waals surface area contributed by atoms with Crippen LogP contribution in [0.15, 0.2) is 33.6 Å². The normalized spacial score (nSPS) is 13.0. The van der Waals surface area contributed by atoms with E-state index in [1.54, 1.807) is 29.2 Å². The number of aliphatic hydroxyl groups excluding tert-OH is 1. The second kappa shape index (κ2) is 4.20. The van der Waals surface area contributed by atoms with Crippen molar-refractivity contribution in [1.29, 1.82) is 0 Å².